The average molecular weight is 281 g/mol. The number of rotatable bonds is 7. The van der Waals surface area contributed by atoms with E-state index < -0.39 is 0 Å². The lowest BCUT2D eigenvalue weighted by Crippen LogP contribution is -2.34. The summed E-state index contributed by atoms with van der Waals surface area (Å²) >= 11 is 5.90. The monoisotopic (exact) mass is 280 g/mol. The fourth-order valence-corrected chi connectivity index (χ4v) is 2.74. The summed E-state index contributed by atoms with van der Waals surface area (Å²) in [7, 11) is 0. The lowest BCUT2D eigenvalue weighted by molar-refractivity contribution is 0.180. The Kier molecular flexibility index (Phi) is 5.68. The van der Waals surface area contributed by atoms with Gasteiger partial charge < -0.3 is 10.6 Å². The molecule has 1 fully saturated rings. The first kappa shape index (κ1) is 14.8. The molecule has 1 aromatic rings. The molecular formula is C16H25ClN2. The Morgan fingerprint density at radius 2 is 2.00 bits per heavy atom. The minimum absolute atomic E-state index is 0.118. The summed E-state index contributed by atoms with van der Waals surface area (Å²) in [5.41, 5.74) is 7.44. The van der Waals surface area contributed by atoms with Gasteiger partial charge in [0.25, 0.3) is 0 Å². The highest BCUT2D eigenvalue weighted by Crippen LogP contribution is 2.27. The Labute approximate surface area is 121 Å². The molecule has 0 bridgehead atoms. The van der Waals surface area contributed by atoms with Crippen LogP contribution in [0.5, 0.6) is 0 Å². The zero-order valence-electron chi connectivity index (χ0n) is 11.8. The first-order chi connectivity index (χ1) is 9.19. The molecular weight excluding hydrogens is 256 g/mol. The molecule has 1 saturated carbocycles. The first-order valence-electron chi connectivity index (χ1n) is 7.42. The molecule has 1 atom stereocenters. The molecule has 1 aliphatic rings. The van der Waals surface area contributed by atoms with Crippen LogP contribution in [0, 0.1) is 5.92 Å². The van der Waals surface area contributed by atoms with Crippen LogP contribution in [0.4, 0.5) is 0 Å². The van der Waals surface area contributed by atoms with Gasteiger partial charge in [-0.3, -0.25) is 0 Å². The Morgan fingerprint density at radius 1 is 1.32 bits per heavy atom. The van der Waals surface area contributed by atoms with E-state index in [1.807, 2.05) is 24.3 Å². The van der Waals surface area contributed by atoms with Gasteiger partial charge in [0, 0.05) is 17.6 Å². The van der Waals surface area contributed by atoms with Crippen molar-refractivity contribution >= 4 is 11.6 Å². The molecule has 1 aromatic carbocycles. The number of benzene rings is 1. The predicted molar refractivity (Wildman–Crippen MR) is 82.5 cm³/mol. The number of hydrogen-bond acceptors (Lipinski definition) is 2. The summed E-state index contributed by atoms with van der Waals surface area (Å²) in [5, 5.41) is 0.774. The van der Waals surface area contributed by atoms with Gasteiger partial charge in [-0.1, -0.05) is 37.1 Å². The highest BCUT2D eigenvalue weighted by molar-refractivity contribution is 6.30. The molecule has 0 saturated heterocycles. The van der Waals surface area contributed by atoms with Gasteiger partial charge in [0.1, 0.15) is 0 Å². The molecule has 19 heavy (non-hydrogen) atoms. The van der Waals surface area contributed by atoms with Crippen LogP contribution < -0.4 is 5.73 Å². The molecule has 0 radical (unpaired) electrons. The molecule has 0 spiro atoms. The maximum Gasteiger partial charge on any atom is 0.0406 e. The van der Waals surface area contributed by atoms with Crippen LogP contribution in [-0.2, 0) is 0 Å². The van der Waals surface area contributed by atoms with E-state index in [0.717, 1.165) is 30.5 Å². The van der Waals surface area contributed by atoms with Crippen molar-refractivity contribution in [1.82, 2.24) is 4.90 Å². The Bertz CT molecular complexity index is 373. The summed E-state index contributed by atoms with van der Waals surface area (Å²) in [6.07, 6.45) is 5.27. The van der Waals surface area contributed by atoms with Gasteiger partial charge in [-0.15, -0.1) is 0 Å². The van der Waals surface area contributed by atoms with Crippen LogP contribution in [0.15, 0.2) is 24.3 Å². The minimum Gasteiger partial charge on any atom is -0.324 e. The van der Waals surface area contributed by atoms with Crippen molar-refractivity contribution in [3.8, 4) is 0 Å². The Morgan fingerprint density at radius 3 is 2.53 bits per heavy atom. The zero-order valence-corrected chi connectivity index (χ0v) is 12.6. The van der Waals surface area contributed by atoms with Crippen molar-refractivity contribution < 1.29 is 0 Å². The summed E-state index contributed by atoms with van der Waals surface area (Å²) in [4.78, 5) is 2.54. The van der Waals surface area contributed by atoms with Crippen LogP contribution >= 0.6 is 11.6 Å². The fraction of sp³-hybridized carbons (Fsp3) is 0.625. The van der Waals surface area contributed by atoms with E-state index in [1.54, 1.807) is 0 Å². The number of halogens is 1. The predicted octanol–water partition coefficient (Wildman–Crippen LogP) is 3.85. The first-order valence-corrected chi connectivity index (χ1v) is 7.80. The summed E-state index contributed by atoms with van der Waals surface area (Å²) < 4.78 is 0. The lowest BCUT2D eigenvalue weighted by Gasteiger charge is -2.32. The van der Waals surface area contributed by atoms with Gasteiger partial charge >= 0.3 is 0 Å². The van der Waals surface area contributed by atoms with E-state index in [4.69, 9.17) is 17.3 Å². The molecule has 2 N–H and O–H groups in total. The maximum absolute atomic E-state index is 6.26. The van der Waals surface area contributed by atoms with Crippen molar-refractivity contribution in [3.05, 3.63) is 34.9 Å². The third kappa shape index (κ3) is 4.48. The maximum atomic E-state index is 6.26. The molecule has 0 aliphatic heterocycles. The Hall–Kier alpha value is -0.570. The van der Waals surface area contributed by atoms with Crippen LogP contribution in [0.3, 0.4) is 0 Å². The molecule has 0 aromatic heterocycles. The zero-order chi connectivity index (χ0) is 13.7. The smallest absolute Gasteiger partial charge is 0.0406 e. The van der Waals surface area contributed by atoms with Crippen LogP contribution in [-0.4, -0.2) is 24.5 Å². The van der Waals surface area contributed by atoms with E-state index in [0.29, 0.717) is 0 Å². The van der Waals surface area contributed by atoms with Crippen LogP contribution in [0.2, 0.25) is 5.02 Å². The van der Waals surface area contributed by atoms with E-state index >= 15 is 0 Å². The standard InChI is InChI=1S/C16H25ClN2/c1-2-19(12-13-4-3-5-13)11-10-16(18)14-6-8-15(17)9-7-14/h6-9,13,16H,2-5,10-12,18H2,1H3. The van der Waals surface area contributed by atoms with Gasteiger partial charge in [-0.05, 0) is 56.0 Å². The lowest BCUT2D eigenvalue weighted by atomic mass is 9.85. The van der Waals surface area contributed by atoms with Gasteiger partial charge in [0.05, 0.1) is 0 Å². The highest BCUT2D eigenvalue weighted by atomic mass is 35.5. The SMILES string of the molecule is CCN(CCC(N)c1ccc(Cl)cc1)CC1CCC1. The van der Waals surface area contributed by atoms with Gasteiger partial charge in [0.15, 0.2) is 0 Å². The molecule has 2 nitrogen and oxygen atoms in total. The van der Waals surface area contributed by atoms with E-state index in [2.05, 4.69) is 11.8 Å². The molecule has 3 heteroatoms. The Balaban J connectivity index is 1.77. The van der Waals surface area contributed by atoms with Crippen molar-refractivity contribution in [2.24, 2.45) is 11.7 Å². The fourth-order valence-electron chi connectivity index (χ4n) is 2.62. The molecule has 1 aliphatic carbocycles. The van der Waals surface area contributed by atoms with Crippen LogP contribution in [0.1, 0.15) is 44.2 Å². The normalized spacial score (nSPS) is 17.5. The third-order valence-corrected chi connectivity index (χ3v) is 4.49. The molecule has 106 valence electrons. The summed E-state index contributed by atoms with van der Waals surface area (Å²) in [5.74, 6) is 0.937. The molecule has 0 heterocycles. The van der Waals surface area contributed by atoms with Gasteiger partial charge in [-0.25, -0.2) is 0 Å². The second-order valence-corrected chi connectivity index (χ2v) is 6.07. The average Bonchev–Trinajstić information content (AvgIpc) is 2.37. The van der Waals surface area contributed by atoms with E-state index in [1.165, 1.54) is 31.4 Å². The second-order valence-electron chi connectivity index (χ2n) is 5.64. The highest BCUT2D eigenvalue weighted by Gasteiger charge is 2.20. The quantitative estimate of drug-likeness (QED) is 0.822. The van der Waals surface area contributed by atoms with Crippen LogP contribution in [0.25, 0.3) is 0 Å². The minimum atomic E-state index is 0.118. The van der Waals surface area contributed by atoms with E-state index in [9.17, 15) is 0 Å². The summed E-state index contributed by atoms with van der Waals surface area (Å²) in [6, 6.07) is 8.03. The van der Waals surface area contributed by atoms with Gasteiger partial charge in [0.2, 0.25) is 0 Å². The summed E-state index contributed by atoms with van der Waals surface area (Å²) in [6.45, 7) is 5.72. The van der Waals surface area contributed by atoms with Gasteiger partial charge in [-0.2, -0.15) is 0 Å². The number of nitrogens with two attached hydrogens (primary N) is 1. The van der Waals surface area contributed by atoms with Crippen molar-refractivity contribution in [2.45, 2.75) is 38.6 Å². The number of hydrogen-bond donors (Lipinski definition) is 1. The number of nitrogens with zero attached hydrogens (tertiary/aromatic N) is 1. The molecule has 0 amide bonds. The van der Waals surface area contributed by atoms with E-state index in [-0.39, 0.29) is 6.04 Å². The van der Waals surface area contributed by atoms with Crippen molar-refractivity contribution in [1.29, 1.82) is 0 Å². The molecule has 1 unspecified atom stereocenters. The largest absolute Gasteiger partial charge is 0.324 e. The molecule has 2 rings (SSSR count). The topological polar surface area (TPSA) is 29.3 Å². The third-order valence-electron chi connectivity index (χ3n) is 4.24. The van der Waals surface area contributed by atoms with Crippen molar-refractivity contribution in [3.63, 3.8) is 0 Å². The second kappa shape index (κ2) is 7.28. The van der Waals surface area contributed by atoms with Crippen molar-refractivity contribution in [2.75, 3.05) is 19.6 Å².